The Morgan fingerprint density at radius 2 is 1.73 bits per heavy atom. The summed E-state index contributed by atoms with van der Waals surface area (Å²) in [5.74, 6) is 1.23. The first-order valence-electron chi connectivity index (χ1n) is 7.01. The summed E-state index contributed by atoms with van der Waals surface area (Å²) in [5.41, 5.74) is 0.731. The van der Waals surface area contributed by atoms with Crippen molar-refractivity contribution in [2.75, 3.05) is 13.7 Å². The number of ketones is 1. The molecule has 0 bridgehead atoms. The van der Waals surface area contributed by atoms with Gasteiger partial charge in [0, 0.05) is 5.69 Å². The molecule has 22 heavy (non-hydrogen) atoms. The number of carbonyl (C=O) groups is 1. The lowest BCUT2D eigenvalue weighted by molar-refractivity contribution is 0.101. The normalized spacial score (nSPS) is 10.3. The Morgan fingerprint density at radius 3 is 2.32 bits per heavy atom. The van der Waals surface area contributed by atoms with Crippen molar-refractivity contribution in [1.82, 2.24) is 4.57 Å². The van der Waals surface area contributed by atoms with E-state index in [-0.39, 0.29) is 16.9 Å². The fourth-order valence-electron chi connectivity index (χ4n) is 2.14. The van der Waals surface area contributed by atoms with Crippen molar-refractivity contribution in [1.29, 1.82) is 0 Å². The van der Waals surface area contributed by atoms with Crippen LogP contribution in [0.15, 0.2) is 41.2 Å². The second-order valence-electron chi connectivity index (χ2n) is 4.93. The predicted octanol–water partition coefficient (Wildman–Crippen LogP) is 2.45. The highest BCUT2D eigenvalue weighted by Gasteiger charge is 2.09. The lowest BCUT2D eigenvalue weighted by Crippen LogP contribution is -2.29. The number of aryl methyl sites for hydroxylation is 1. The summed E-state index contributed by atoms with van der Waals surface area (Å²) in [4.78, 5) is 23.7. The fraction of sp³-hybridized carbons (Fsp3) is 0.294. The molecule has 5 heteroatoms. The van der Waals surface area contributed by atoms with E-state index in [9.17, 15) is 9.59 Å². The number of hydrogen-bond acceptors (Lipinski definition) is 4. The van der Waals surface area contributed by atoms with Gasteiger partial charge in [0.05, 0.1) is 19.2 Å². The summed E-state index contributed by atoms with van der Waals surface area (Å²) in [7, 11) is 1.60. The molecular weight excluding hydrogens is 282 g/mol. The van der Waals surface area contributed by atoms with Gasteiger partial charge in [-0.1, -0.05) is 0 Å². The molecule has 1 aromatic heterocycles. The Bertz CT molecular complexity index is 716. The van der Waals surface area contributed by atoms with Gasteiger partial charge in [-0.2, -0.15) is 0 Å². The monoisotopic (exact) mass is 301 g/mol. The van der Waals surface area contributed by atoms with Crippen LogP contribution in [0, 0.1) is 6.92 Å². The molecule has 0 aliphatic carbocycles. The summed E-state index contributed by atoms with van der Waals surface area (Å²) < 4.78 is 12.3. The van der Waals surface area contributed by atoms with Crippen molar-refractivity contribution in [3.8, 4) is 11.5 Å². The van der Waals surface area contributed by atoms with Crippen LogP contribution < -0.4 is 15.0 Å². The lowest BCUT2D eigenvalue weighted by Gasteiger charge is -2.12. The Balaban J connectivity index is 2.06. The van der Waals surface area contributed by atoms with E-state index in [1.165, 1.54) is 6.92 Å². The van der Waals surface area contributed by atoms with E-state index in [1.807, 2.05) is 19.1 Å². The van der Waals surface area contributed by atoms with E-state index in [4.69, 9.17) is 9.47 Å². The van der Waals surface area contributed by atoms with Crippen molar-refractivity contribution >= 4 is 5.78 Å². The number of benzene rings is 1. The third-order valence-corrected chi connectivity index (χ3v) is 3.41. The molecule has 0 aliphatic rings. The van der Waals surface area contributed by atoms with Gasteiger partial charge in [0.1, 0.15) is 18.1 Å². The van der Waals surface area contributed by atoms with E-state index in [0.717, 1.165) is 11.4 Å². The van der Waals surface area contributed by atoms with Gasteiger partial charge in [-0.3, -0.25) is 9.59 Å². The van der Waals surface area contributed by atoms with Gasteiger partial charge in [-0.25, -0.2) is 0 Å². The number of Topliss-reactive ketones (excluding diaryl/α,β-unsaturated/α-hetero) is 1. The van der Waals surface area contributed by atoms with E-state index in [1.54, 1.807) is 35.9 Å². The third-order valence-electron chi connectivity index (χ3n) is 3.41. The molecule has 5 nitrogen and oxygen atoms in total. The number of aromatic nitrogens is 1. The molecule has 0 atom stereocenters. The highest BCUT2D eigenvalue weighted by molar-refractivity contribution is 5.93. The Morgan fingerprint density at radius 1 is 1.09 bits per heavy atom. The molecule has 2 rings (SSSR count). The minimum absolute atomic E-state index is 0.204. The highest BCUT2D eigenvalue weighted by atomic mass is 16.5. The summed E-state index contributed by atoms with van der Waals surface area (Å²) in [6.45, 7) is 3.95. The largest absolute Gasteiger partial charge is 0.497 e. The summed E-state index contributed by atoms with van der Waals surface area (Å²) in [6.07, 6.45) is 0. The van der Waals surface area contributed by atoms with E-state index in [2.05, 4.69) is 0 Å². The molecule has 0 saturated heterocycles. The second-order valence-corrected chi connectivity index (χ2v) is 4.93. The number of nitrogens with zero attached hydrogens (tertiary/aromatic N) is 1. The zero-order valence-electron chi connectivity index (χ0n) is 13.0. The molecule has 0 fully saturated rings. The van der Waals surface area contributed by atoms with E-state index >= 15 is 0 Å². The van der Waals surface area contributed by atoms with E-state index < -0.39 is 0 Å². The molecular formula is C17H19NO4. The molecule has 0 saturated carbocycles. The SMILES string of the molecule is COc1ccc(OCCn2c(C)ccc(C(C)=O)c2=O)cc1. The molecule has 0 N–H and O–H groups in total. The number of methoxy groups -OCH3 is 1. The number of rotatable bonds is 6. The van der Waals surface area contributed by atoms with Crippen LogP contribution in [0.4, 0.5) is 0 Å². The zero-order valence-corrected chi connectivity index (χ0v) is 13.0. The Labute approximate surface area is 129 Å². The maximum absolute atomic E-state index is 12.2. The molecule has 1 heterocycles. The van der Waals surface area contributed by atoms with Crippen LogP contribution in [0.5, 0.6) is 11.5 Å². The van der Waals surface area contributed by atoms with Crippen LogP contribution in [0.2, 0.25) is 0 Å². The van der Waals surface area contributed by atoms with Crippen LogP contribution >= 0.6 is 0 Å². The zero-order chi connectivity index (χ0) is 16.1. The molecule has 0 spiro atoms. The summed E-state index contributed by atoms with van der Waals surface area (Å²) in [5, 5.41) is 0. The molecule has 116 valence electrons. The first kappa shape index (κ1) is 15.8. The maximum atomic E-state index is 12.2. The molecule has 1 aromatic carbocycles. The minimum atomic E-state index is -0.272. The molecule has 0 amide bonds. The summed E-state index contributed by atoms with van der Waals surface area (Å²) in [6, 6.07) is 10.6. The smallest absolute Gasteiger partial charge is 0.261 e. The predicted molar refractivity (Wildman–Crippen MR) is 83.9 cm³/mol. The number of pyridine rings is 1. The van der Waals surface area contributed by atoms with Crippen molar-refractivity contribution in [2.24, 2.45) is 0 Å². The first-order valence-corrected chi connectivity index (χ1v) is 7.01. The number of ether oxygens (including phenoxy) is 2. The maximum Gasteiger partial charge on any atom is 0.261 e. The van der Waals surface area contributed by atoms with Crippen molar-refractivity contribution in [2.45, 2.75) is 20.4 Å². The Kier molecular flexibility index (Phi) is 4.99. The topological polar surface area (TPSA) is 57.5 Å². The average Bonchev–Trinajstić information content (AvgIpc) is 2.50. The van der Waals surface area contributed by atoms with Crippen molar-refractivity contribution in [3.05, 3.63) is 58.0 Å². The fourth-order valence-corrected chi connectivity index (χ4v) is 2.14. The quantitative estimate of drug-likeness (QED) is 0.769. The molecule has 0 unspecified atom stereocenters. The van der Waals surface area contributed by atoms with Gasteiger partial charge in [0.15, 0.2) is 5.78 Å². The number of hydrogen-bond donors (Lipinski definition) is 0. The van der Waals surface area contributed by atoms with Gasteiger partial charge in [0.2, 0.25) is 0 Å². The second kappa shape index (κ2) is 6.93. The van der Waals surface area contributed by atoms with Crippen molar-refractivity contribution < 1.29 is 14.3 Å². The van der Waals surface area contributed by atoms with Gasteiger partial charge in [-0.05, 0) is 50.2 Å². The molecule has 2 aromatic rings. The molecule has 0 aliphatic heterocycles. The minimum Gasteiger partial charge on any atom is -0.497 e. The van der Waals surface area contributed by atoms with Gasteiger partial charge in [0.25, 0.3) is 5.56 Å². The molecule has 0 radical (unpaired) electrons. The third kappa shape index (κ3) is 3.55. The van der Waals surface area contributed by atoms with E-state index in [0.29, 0.717) is 18.9 Å². The standard InChI is InChI=1S/C17H19NO4/c1-12-4-9-16(13(2)19)17(20)18(12)10-11-22-15-7-5-14(21-3)6-8-15/h4-9H,10-11H2,1-3H3. The Hall–Kier alpha value is -2.56. The lowest BCUT2D eigenvalue weighted by atomic mass is 10.2. The van der Waals surface area contributed by atoms with Crippen LogP contribution in [-0.4, -0.2) is 24.1 Å². The first-order chi connectivity index (χ1) is 10.5. The van der Waals surface area contributed by atoms with Crippen molar-refractivity contribution in [3.63, 3.8) is 0 Å². The van der Waals surface area contributed by atoms with Crippen LogP contribution in [0.25, 0.3) is 0 Å². The van der Waals surface area contributed by atoms with Gasteiger partial charge >= 0.3 is 0 Å². The average molecular weight is 301 g/mol. The van der Waals surface area contributed by atoms with Crippen LogP contribution in [-0.2, 0) is 6.54 Å². The van der Waals surface area contributed by atoms with Crippen LogP contribution in [0.1, 0.15) is 23.0 Å². The van der Waals surface area contributed by atoms with Gasteiger partial charge in [-0.15, -0.1) is 0 Å². The summed E-state index contributed by atoms with van der Waals surface area (Å²) >= 11 is 0. The van der Waals surface area contributed by atoms with Crippen LogP contribution in [0.3, 0.4) is 0 Å². The number of carbonyl (C=O) groups excluding carboxylic acids is 1. The highest BCUT2D eigenvalue weighted by Crippen LogP contribution is 2.16. The van der Waals surface area contributed by atoms with Gasteiger partial charge < -0.3 is 14.0 Å².